The van der Waals surface area contributed by atoms with Crippen molar-refractivity contribution < 1.29 is 9.53 Å². The maximum absolute atomic E-state index is 11.8. The van der Waals surface area contributed by atoms with Crippen LogP contribution in [0.2, 0.25) is 0 Å². The standard InChI is InChI=1S/C25H28N2O2/c1-3-29-25(28)20-11-13-22(14-12-20)27-16-15-21(17-27)26-18(2)23-10-6-8-19-7-4-5-9-24(19)23/h4-14,18,21,26H,3,15-17H2,1-2H3/t18-,21+/m1/s1. The number of carbonyl (C=O) groups is 1. The second-order valence-corrected chi connectivity index (χ2v) is 7.66. The molecule has 2 atom stereocenters. The van der Waals surface area contributed by atoms with Crippen LogP contribution < -0.4 is 10.2 Å². The van der Waals surface area contributed by atoms with Gasteiger partial charge in [0.15, 0.2) is 0 Å². The van der Waals surface area contributed by atoms with Crippen molar-refractivity contribution in [1.82, 2.24) is 5.32 Å². The van der Waals surface area contributed by atoms with Gasteiger partial charge >= 0.3 is 5.97 Å². The van der Waals surface area contributed by atoms with Crippen molar-refractivity contribution in [3.63, 3.8) is 0 Å². The van der Waals surface area contributed by atoms with E-state index in [-0.39, 0.29) is 12.0 Å². The minimum atomic E-state index is -0.260. The van der Waals surface area contributed by atoms with Crippen molar-refractivity contribution in [1.29, 1.82) is 0 Å². The summed E-state index contributed by atoms with van der Waals surface area (Å²) in [5, 5.41) is 6.42. The number of benzene rings is 3. The van der Waals surface area contributed by atoms with Crippen LogP contribution in [0.25, 0.3) is 10.8 Å². The van der Waals surface area contributed by atoms with Gasteiger partial charge in [-0.3, -0.25) is 0 Å². The molecule has 4 rings (SSSR count). The predicted molar refractivity (Wildman–Crippen MR) is 119 cm³/mol. The summed E-state index contributed by atoms with van der Waals surface area (Å²) in [6, 6.07) is 23.6. The van der Waals surface area contributed by atoms with Crippen LogP contribution in [0.3, 0.4) is 0 Å². The number of anilines is 1. The van der Waals surface area contributed by atoms with E-state index >= 15 is 0 Å². The first kappa shape index (κ1) is 19.5. The zero-order valence-electron chi connectivity index (χ0n) is 17.1. The Hall–Kier alpha value is -2.85. The average molecular weight is 389 g/mol. The molecule has 3 aromatic rings. The van der Waals surface area contributed by atoms with Gasteiger partial charge in [0.2, 0.25) is 0 Å². The maximum atomic E-state index is 11.8. The molecule has 0 aliphatic carbocycles. The normalized spacial score (nSPS) is 17.4. The molecule has 0 aromatic heterocycles. The first-order valence-corrected chi connectivity index (χ1v) is 10.4. The monoisotopic (exact) mass is 388 g/mol. The molecule has 1 heterocycles. The van der Waals surface area contributed by atoms with E-state index in [1.165, 1.54) is 16.3 Å². The van der Waals surface area contributed by atoms with E-state index in [1.807, 2.05) is 31.2 Å². The Kier molecular flexibility index (Phi) is 5.81. The van der Waals surface area contributed by atoms with Crippen molar-refractivity contribution >= 4 is 22.4 Å². The Morgan fingerprint density at radius 2 is 1.86 bits per heavy atom. The number of fused-ring (bicyclic) bond motifs is 1. The lowest BCUT2D eigenvalue weighted by Crippen LogP contribution is -2.34. The van der Waals surface area contributed by atoms with E-state index in [0.29, 0.717) is 18.2 Å². The van der Waals surface area contributed by atoms with Crippen molar-refractivity contribution in [2.24, 2.45) is 0 Å². The van der Waals surface area contributed by atoms with E-state index in [4.69, 9.17) is 4.74 Å². The summed E-state index contributed by atoms with van der Waals surface area (Å²) in [7, 11) is 0. The van der Waals surface area contributed by atoms with Gasteiger partial charge in [-0.2, -0.15) is 0 Å². The molecule has 29 heavy (non-hydrogen) atoms. The maximum Gasteiger partial charge on any atom is 0.338 e. The first-order valence-electron chi connectivity index (χ1n) is 10.4. The highest BCUT2D eigenvalue weighted by molar-refractivity contribution is 5.89. The Labute approximate surface area is 172 Å². The topological polar surface area (TPSA) is 41.6 Å². The number of nitrogens with one attached hydrogen (secondary N) is 1. The Morgan fingerprint density at radius 3 is 2.66 bits per heavy atom. The Morgan fingerprint density at radius 1 is 1.10 bits per heavy atom. The van der Waals surface area contributed by atoms with E-state index in [2.05, 4.69) is 59.6 Å². The third-order valence-corrected chi connectivity index (χ3v) is 5.71. The van der Waals surface area contributed by atoms with Crippen LogP contribution in [0.4, 0.5) is 5.69 Å². The molecule has 1 aliphatic rings. The summed E-state index contributed by atoms with van der Waals surface area (Å²) < 4.78 is 5.06. The lowest BCUT2D eigenvalue weighted by atomic mass is 9.99. The lowest BCUT2D eigenvalue weighted by Gasteiger charge is -2.23. The average Bonchev–Trinajstić information content (AvgIpc) is 3.22. The number of rotatable bonds is 6. The molecule has 0 unspecified atom stereocenters. The van der Waals surface area contributed by atoms with E-state index in [9.17, 15) is 4.79 Å². The highest BCUT2D eigenvalue weighted by atomic mass is 16.5. The fraction of sp³-hybridized carbons (Fsp3) is 0.320. The van der Waals surface area contributed by atoms with Gasteiger partial charge in [-0.05, 0) is 60.9 Å². The van der Waals surface area contributed by atoms with Crippen LogP contribution in [0.15, 0.2) is 66.7 Å². The molecule has 0 radical (unpaired) electrons. The number of ether oxygens (including phenoxy) is 1. The molecule has 4 heteroatoms. The van der Waals surface area contributed by atoms with Crippen LogP contribution >= 0.6 is 0 Å². The molecule has 150 valence electrons. The second kappa shape index (κ2) is 8.66. The number of hydrogen-bond acceptors (Lipinski definition) is 4. The number of nitrogens with zero attached hydrogens (tertiary/aromatic N) is 1. The summed E-state index contributed by atoms with van der Waals surface area (Å²) in [5.74, 6) is -0.260. The van der Waals surface area contributed by atoms with Gasteiger partial charge in [-0.1, -0.05) is 42.5 Å². The van der Waals surface area contributed by atoms with Gasteiger partial charge in [-0.25, -0.2) is 4.79 Å². The summed E-state index contributed by atoms with van der Waals surface area (Å²) in [6.45, 7) is 6.45. The number of hydrogen-bond donors (Lipinski definition) is 1. The Balaban J connectivity index is 1.40. The molecule has 3 aromatic carbocycles. The minimum Gasteiger partial charge on any atom is -0.462 e. The molecule has 0 spiro atoms. The van der Waals surface area contributed by atoms with Crippen LogP contribution in [0.1, 0.15) is 42.2 Å². The van der Waals surface area contributed by atoms with Gasteiger partial charge in [-0.15, -0.1) is 0 Å². The van der Waals surface area contributed by atoms with Crippen LogP contribution in [-0.4, -0.2) is 31.7 Å². The summed E-state index contributed by atoms with van der Waals surface area (Å²) >= 11 is 0. The summed E-state index contributed by atoms with van der Waals surface area (Å²) in [5.41, 5.74) is 3.11. The molecular formula is C25H28N2O2. The lowest BCUT2D eigenvalue weighted by molar-refractivity contribution is 0.0526. The number of carbonyl (C=O) groups excluding carboxylic acids is 1. The van der Waals surface area contributed by atoms with Gasteiger partial charge in [0.1, 0.15) is 0 Å². The zero-order chi connectivity index (χ0) is 20.2. The van der Waals surface area contributed by atoms with Crippen molar-refractivity contribution in [2.75, 3.05) is 24.6 Å². The van der Waals surface area contributed by atoms with E-state index in [1.54, 1.807) is 0 Å². The van der Waals surface area contributed by atoms with Crippen LogP contribution in [0, 0.1) is 0 Å². The molecule has 0 bridgehead atoms. The van der Waals surface area contributed by atoms with Crippen molar-refractivity contribution in [3.8, 4) is 0 Å². The number of esters is 1. The third-order valence-electron chi connectivity index (χ3n) is 5.71. The molecule has 1 fully saturated rings. The quantitative estimate of drug-likeness (QED) is 0.607. The highest BCUT2D eigenvalue weighted by Crippen LogP contribution is 2.27. The van der Waals surface area contributed by atoms with Crippen molar-refractivity contribution in [3.05, 3.63) is 77.9 Å². The molecule has 1 N–H and O–H groups in total. The molecule has 4 nitrogen and oxygen atoms in total. The van der Waals surface area contributed by atoms with E-state index < -0.39 is 0 Å². The minimum absolute atomic E-state index is 0.260. The predicted octanol–water partition coefficient (Wildman–Crippen LogP) is 4.95. The SMILES string of the molecule is CCOC(=O)c1ccc(N2CC[C@H](N[C@H](C)c3cccc4ccccc34)C2)cc1. The largest absolute Gasteiger partial charge is 0.462 e. The van der Waals surface area contributed by atoms with Crippen molar-refractivity contribution in [2.45, 2.75) is 32.4 Å². The van der Waals surface area contributed by atoms with Crippen LogP contribution in [-0.2, 0) is 4.74 Å². The fourth-order valence-electron chi connectivity index (χ4n) is 4.22. The van der Waals surface area contributed by atoms with Crippen LogP contribution in [0.5, 0.6) is 0 Å². The van der Waals surface area contributed by atoms with Gasteiger partial charge in [0.05, 0.1) is 12.2 Å². The summed E-state index contributed by atoms with van der Waals surface area (Å²) in [4.78, 5) is 14.2. The molecule has 1 saturated heterocycles. The second-order valence-electron chi connectivity index (χ2n) is 7.66. The molecule has 1 aliphatic heterocycles. The molecular weight excluding hydrogens is 360 g/mol. The third kappa shape index (κ3) is 4.28. The summed E-state index contributed by atoms with van der Waals surface area (Å²) in [6.07, 6.45) is 1.11. The molecule has 0 saturated carbocycles. The van der Waals surface area contributed by atoms with Gasteiger partial charge < -0.3 is 15.0 Å². The van der Waals surface area contributed by atoms with Gasteiger partial charge in [0.25, 0.3) is 0 Å². The fourth-order valence-corrected chi connectivity index (χ4v) is 4.22. The molecule has 0 amide bonds. The van der Waals surface area contributed by atoms with E-state index in [0.717, 1.165) is 25.2 Å². The first-order chi connectivity index (χ1) is 14.2. The zero-order valence-corrected chi connectivity index (χ0v) is 17.1. The van der Waals surface area contributed by atoms with Gasteiger partial charge in [0, 0.05) is 30.9 Å². The Bertz CT molecular complexity index is 978. The highest BCUT2D eigenvalue weighted by Gasteiger charge is 2.24. The smallest absolute Gasteiger partial charge is 0.338 e.